The van der Waals surface area contributed by atoms with Gasteiger partial charge in [0.05, 0.1) is 15.9 Å². The van der Waals surface area contributed by atoms with Crippen LogP contribution in [0.1, 0.15) is 50.9 Å². The molecule has 6 heteroatoms. The van der Waals surface area contributed by atoms with Crippen LogP contribution >= 0.6 is 27.7 Å². The van der Waals surface area contributed by atoms with E-state index in [2.05, 4.69) is 56.7 Å². The molecule has 1 saturated carbocycles. The number of nitrogens with one attached hydrogen (secondary N) is 1. The molecule has 120 valence electrons. The summed E-state index contributed by atoms with van der Waals surface area (Å²) in [5, 5.41) is 5.51. The van der Waals surface area contributed by atoms with E-state index in [1.807, 2.05) is 0 Å². The van der Waals surface area contributed by atoms with Crippen molar-refractivity contribution in [1.82, 2.24) is 15.2 Å². The Morgan fingerprint density at radius 2 is 2.14 bits per heavy atom. The first-order chi connectivity index (χ1) is 10.2. The van der Waals surface area contributed by atoms with Crippen LogP contribution in [0.2, 0.25) is 0 Å². The van der Waals surface area contributed by atoms with Gasteiger partial charge < -0.3 is 0 Å². The van der Waals surface area contributed by atoms with Gasteiger partial charge >= 0.3 is 0 Å². The number of hydrogen-bond acceptors (Lipinski definition) is 4. The summed E-state index contributed by atoms with van der Waals surface area (Å²) in [6.45, 7) is 5.19. The minimum Gasteiger partial charge on any atom is -0.271 e. The summed E-state index contributed by atoms with van der Waals surface area (Å²) < 4.78 is 3.27. The van der Waals surface area contributed by atoms with Crippen LogP contribution in [-0.4, -0.2) is 26.8 Å². The van der Waals surface area contributed by atoms with Crippen molar-refractivity contribution >= 4 is 27.7 Å². The lowest BCUT2D eigenvalue weighted by molar-refractivity contribution is 0.532. The number of aryl methyl sites for hydroxylation is 2. The molecule has 0 bridgehead atoms. The molecule has 4 nitrogen and oxygen atoms in total. The molecule has 2 rings (SSSR count). The van der Waals surface area contributed by atoms with Gasteiger partial charge in [0, 0.05) is 30.0 Å². The second-order valence-corrected chi connectivity index (χ2v) is 7.81. The molecule has 0 spiro atoms. The molecule has 1 unspecified atom stereocenters. The molecule has 0 saturated heterocycles. The Kier molecular flexibility index (Phi) is 7.05. The number of rotatable bonds is 8. The fraction of sp³-hybridized carbons (Fsp3) is 0.800. The maximum Gasteiger partial charge on any atom is 0.0766 e. The monoisotopic (exact) mass is 374 g/mol. The van der Waals surface area contributed by atoms with Crippen LogP contribution in [-0.2, 0) is 19.4 Å². The quantitative estimate of drug-likeness (QED) is 0.541. The van der Waals surface area contributed by atoms with Gasteiger partial charge in [-0.2, -0.15) is 16.9 Å². The van der Waals surface area contributed by atoms with Crippen LogP contribution in [0.25, 0.3) is 0 Å². The van der Waals surface area contributed by atoms with Gasteiger partial charge in [-0.3, -0.25) is 16.0 Å². The van der Waals surface area contributed by atoms with Gasteiger partial charge in [-0.25, -0.2) is 0 Å². The molecule has 1 aromatic rings. The van der Waals surface area contributed by atoms with Crippen molar-refractivity contribution in [3.05, 3.63) is 15.9 Å². The van der Waals surface area contributed by atoms with E-state index in [0.717, 1.165) is 40.6 Å². The molecule has 0 aromatic carbocycles. The summed E-state index contributed by atoms with van der Waals surface area (Å²) in [7, 11) is 0. The van der Waals surface area contributed by atoms with E-state index in [1.165, 1.54) is 31.4 Å². The van der Waals surface area contributed by atoms with Crippen molar-refractivity contribution in [3.63, 3.8) is 0 Å². The SMILES string of the molecule is CCc1nn(CC)c(CC(CSC2CCCC2)NN)c1Br. The number of hydrazine groups is 1. The van der Waals surface area contributed by atoms with Crippen LogP contribution in [0.3, 0.4) is 0 Å². The maximum atomic E-state index is 5.78. The third kappa shape index (κ3) is 4.47. The van der Waals surface area contributed by atoms with Crippen molar-refractivity contribution in [1.29, 1.82) is 0 Å². The van der Waals surface area contributed by atoms with Gasteiger partial charge in [-0.05, 0) is 42.1 Å². The average Bonchev–Trinajstić information content (AvgIpc) is 3.12. The van der Waals surface area contributed by atoms with Crippen LogP contribution in [0.4, 0.5) is 0 Å². The third-order valence-electron chi connectivity index (χ3n) is 4.20. The number of aromatic nitrogens is 2. The smallest absolute Gasteiger partial charge is 0.0766 e. The molecule has 0 radical (unpaired) electrons. The summed E-state index contributed by atoms with van der Waals surface area (Å²) in [6.07, 6.45) is 7.42. The summed E-state index contributed by atoms with van der Waals surface area (Å²) in [5.41, 5.74) is 5.41. The molecule has 0 aliphatic heterocycles. The third-order valence-corrected chi connectivity index (χ3v) is 6.66. The summed E-state index contributed by atoms with van der Waals surface area (Å²) in [4.78, 5) is 0. The van der Waals surface area contributed by atoms with Gasteiger partial charge in [0.15, 0.2) is 0 Å². The Hall–Kier alpha value is -0.0400. The predicted octanol–water partition coefficient (Wildman–Crippen LogP) is 3.28. The second-order valence-electron chi connectivity index (χ2n) is 5.68. The van der Waals surface area contributed by atoms with Crippen LogP contribution in [0.5, 0.6) is 0 Å². The van der Waals surface area contributed by atoms with Crippen LogP contribution in [0, 0.1) is 0 Å². The fourth-order valence-corrected chi connectivity index (χ4v) is 5.03. The molecule has 1 aromatic heterocycles. The van der Waals surface area contributed by atoms with E-state index < -0.39 is 0 Å². The highest BCUT2D eigenvalue weighted by Crippen LogP contribution is 2.30. The number of nitrogens with zero attached hydrogens (tertiary/aromatic N) is 2. The van der Waals surface area contributed by atoms with Gasteiger partial charge in [0.25, 0.3) is 0 Å². The summed E-state index contributed by atoms with van der Waals surface area (Å²) in [5.74, 6) is 6.85. The summed E-state index contributed by atoms with van der Waals surface area (Å²) in [6, 6.07) is 0.304. The summed E-state index contributed by atoms with van der Waals surface area (Å²) >= 11 is 5.80. The number of hydrogen-bond donors (Lipinski definition) is 2. The molecule has 21 heavy (non-hydrogen) atoms. The fourth-order valence-electron chi connectivity index (χ4n) is 2.92. The minimum atomic E-state index is 0.304. The molecular formula is C15H27BrN4S. The number of thioether (sulfide) groups is 1. The first-order valence-corrected chi connectivity index (χ1v) is 9.85. The van der Waals surface area contributed by atoms with Crippen LogP contribution in [0.15, 0.2) is 4.47 Å². The van der Waals surface area contributed by atoms with Crippen molar-refractivity contribution < 1.29 is 0 Å². The van der Waals surface area contributed by atoms with E-state index in [9.17, 15) is 0 Å². The van der Waals surface area contributed by atoms with Gasteiger partial charge in [0.1, 0.15) is 0 Å². The predicted molar refractivity (Wildman–Crippen MR) is 94.5 cm³/mol. The first-order valence-electron chi connectivity index (χ1n) is 8.01. The Labute approximate surface area is 140 Å². The Morgan fingerprint density at radius 3 is 2.71 bits per heavy atom. The molecular weight excluding hydrogens is 348 g/mol. The number of nitrogens with two attached hydrogens (primary N) is 1. The van der Waals surface area contributed by atoms with E-state index in [1.54, 1.807) is 0 Å². The second kappa shape index (κ2) is 8.56. The Bertz CT molecular complexity index is 443. The lowest BCUT2D eigenvalue weighted by atomic mass is 10.1. The standard InChI is InChI=1S/C15H27BrN4S/c1-3-13-15(16)14(20(4-2)19-13)9-11(18-17)10-21-12-7-5-6-8-12/h11-12,18H,3-10,17H2,1-2H3. The molecule has 0 amide bonds. The van der Waals surface area contributed by atoms with Gasteiger partial charge in [0.2, 0.25) is 0 Å². The molecule has 1 heterocycles. The molecule has 1 atom stereocenters. The van der Waals surface area contributed by atoms with E-state index in [0.29, 0.717) is 6.04 Å². The topological polar surface area (TPSA) is 55.9 Å². The van der Waals surface area contributed by atoms with Crippen molar-refractivity contribution in [3.8, 4) is 0 Å². The Balaban J connectivity index is 1.98. The zero-order valence-electron chi connectivity index (χ0n) is 13.1. The maximum absolute atomic E-state index is 5.78. The first kappa shape index (κ1) is 17.3. The van der Waals surface area contributed by atoms with Crippen LogP contribution < -0.4 is 11.3 Å². The van der Waals surface area contributed by atoms with E-state index in [4.69, 9.17) is 5.84 Å². The highest BCUT2D eigenvalue weighted by atomic mass is 79.9. The van der Waals surface area contributed by atoms with Gasteiger partial charge in [-0.15, -0.1) is 0 Å². The largest absolute Gasteiger partial charge is 0.271 e. The zero-order chi connectivity index (χ0) is 15.2. The molecule has 1 aliphatic carbocycles. The highest BCUT2D eigenvalue weighted by Gasteiger charge is 2.21. The van der Waals surface area contributed by atoms with Crippen molar-refractivity contribution in [2.45, 2.75) is 70.2 Å². The van der Waals surface area contributed by atoms with Crippen molar-refractivity contribution in [2.24, 2.45) is 5.84 Å². The van der Waals surface area contributed by atoms with E-state index >= 15 is 0 Å². The molecule has 1 aliphatic rings. The normalized spacial score (nSPS) is 17.5. The van der Waals surface area contributed by atoms with Gasteiger partial charge in [-0.1, -0.05) is 19.8 Å². The molecule has 1 fully saturated rings. The lowest BCUT2D eigenvalue weighted by Crippen LogP contribution is -2.39. The molecule has 3 N–H and O–H groups in total. The average molecular weight is 375 g/mol. The number of halogens is 1. The zero-order valence-corrected chi connectivity index (χ0v) is 15.5. The van der Waals surface area contributed by atoms with E-state index in [-0.39, 0.29) is 0 Å². The Morgan fingerprint density at radius 1 is 1.43 bits per heavy atom. The lowest BCUT2D eigenvalue weighted by Gasteiger charge is -2.18. The van der Waals surface area contributed by atoms with Crippen molar-refractivity contribution in [2.75, 3.05) is 5.75 Å². The highest BCUT2D eigenvalue weighted by molar-refractivity contribution is 9.10. The minimum absolute atomic E-state index is 0.304.